The van der Waals surface area contributed by atoms with Crippen LogP contribution >= 0.6 is 0 Å². The first-order valence-corrected chi connectivity index (χ1v) is 13.6. The zero-order valence-corrected chi connectivity index (χ0v) is 21.4. The van der Waals surface area contributed by atoms with Gasteiger partial charge in [0.05, 0.1) is 0 Å². The molecule has 2 aliphatic carbocycles. The molecule has 0 aromatic heterocycles. The van der Waals surface area contributed by atoms with E-state index in [0.717, 1.165) is 32.1 Å². The number of aliphatic imine (C=N–C) groups is 1. The first-order chi connectivity index (χ1) is 18.3. The van der Waals surface area contributed by atoms with Gasteiger partial charge in [0.1, 0.15) is 0 Å². The monoisotopic (exact) mass is 477 g/mol. The fourth-order valence-electron chi connectivity index (χ4n) is 6.66. The van der Waals surface area contributed by atoms with Gasteiger partial charge < -0.3 is 0 Å². The third-order valence-electron chi connectivity index (χ3n) is 8.45. The summed E-state index contributed by atoms with van der Waals surface area (Å²) in [6, 6.07) is 27.2. The molecule has 180 valence electrons. The van der Waals surface area contributed by atoms with Gasteiger partial charge in [-0.1, -0.05) is 96.6 Å². The minimum atomic E-state index is 0.429. The SMILES string of the molecule is CC1=c2ccccc2=C(c2c3ccccc3c(C3=CC(C4C=CN=CC4)=CCC3)c3ccccc23)CC1. The second-order valence-corrected chi connectivity index (χ2v) is 10.6. The molecule has 3 aliphatic rings. The van der Waals surface area contributed by atoms with Crippen LogP contribution in [0.5, 0.6) is 0 Å². The molecule has 0 spiro atoms. The van der Waals surface area contributed by atoms with Crippen molar-refractivity contribution in [3.63, 3.8) is 0 Å². The molecule has 1 unspecified atom stereocenters. The van der Waals surface area contributed by atoms with E-state index in [4.69, 9.17) is 0 Å². The smallest absolute Gasteiger partial charge is 0.0230 e. The van der Waals surface area contributed by atoms with Crippen molar-refractivity contribution in [1.29, 1.82) is 0 Å². The number of benzene rings is 4. The van der Waals surface area contributed by atoms with E-state index in [1.807, 2.05) is 12.4 Å². The van der Waals surface area contributed by atoms with Crippen LogP contribution < -0.4 is 10.4 Å². The van der Waals surface area contributed by atoms with E-state index in [0.29, 0.717) is 5.92 Å². The first-order valence-electron chi connectivity index (χ1n) is 13.6. The Bertz CT molecular complexity index is 1750. The normalized spacial score (nSPS) is 19.2. The van der Waals surface area contributed by atoms with E-state index in [-0.39, 0.29) is 0 Å². The molecule has 0 saturated heterocycles. The second-order valence-electron chi connectivity index (χ2n) is 10.6. The molecule has 0 amide bonds. The minimum Gasteiger partial charge on any atom is -0.269 e. The van der Waals surface area contributed by atoms with E-state index >= 15 is 0 Å². The highest BCUT2D eigenvalue weighted by atomic mass is 14.7. The molecule has 0 N–H and O–H groups in total. The molecule has 7 rings (SSSR count). The molecular weight excluding hydrogens is 446 g/mol. The van der Waals surface area contributed by atoms with Gasteiger partial charge >= 0.3 is 0 Å². The van der Waals surface area contributed by atoms with Crippen molar-refractivity contribution in [2.75, 3.05) is 0 Å². The Morgan fingerprint density at radius 3 is 2.03 bits per heavy atom. The van der Waals surface area contributed by atoms with E-state index in [9.17, 15) is 0 Å². The zero-order chi connectivity index (χ0) is 24.8. The van der Waals surface area contributed by atoms with E-state index in [1.54, 1.807) is 0 Å². The van der Waals surface area contributed by atoms with Gasteiger partial charge in [0, 0.05) is 18.3 Å². The maximum Gasteiger partial charge on any atom is 0.0230 e. The average molecular weight is 478 g/mol. The van der Waals surface area contributed by atoms with Crippen molar-refractivity contribution in [3.05, 3.63) is 124 Å². The van der Waals surface area contributed by atoms with E-state index in [1.165, 1.54) is 65.4 Å². The molecule has 37 heavy (non-hydrogen) atoms. The summed E-state index contributed by atoms with van der Waals surface area (Å²) in [6.07, 6.45) is 16.5. The van der Waals surface area contributed by atoms with Crippen LogP contribution in [0.2, 0.25) is 0 Å². The lowest BCUT2D eigenvalue weighted by Crippen LogP contribution is -2.31. The number of fused-ring (bicyclic) bond motifs is 3. The Labute approximate surface area is 218 Å². The van der Waals surface area contributed by atoms with Crippen LogP contribution in [0.25, 0.3) is 38.3 Å². The lowest BCUT2D eigenvalue weighted by atomic mass is 9.79. The predicted octanol–water partition coefficient (Wildman–Crippen LogP) is 7.86. The molecule has 1 heterocycles. The molecule has 0 fully saturated rings. The molecule has 0 saturated carbocycles. The molecule has 1 aliphatic heterocycles. The molecule has 1 heteroatoms. The van der Waals surface area contributed by atoms with Gasteiger partial charge in [-0.15, -0.1) is 0 Å². The summed E-state index contributed by atoms with van der Waals surface area (Å²) >= 11 is 0. The summed E-state index contributed by atoms with van der Waals surface area (Å²) < 4.78 is 0. The Balaban J connectivity index is 1.54. The highest BCUT2D eigenvalue weighted by Crippen LogP contribution is 2.43. The third kappa shape index (κ3) is 3.73. The average Bonchev–Trinajstić information content (AvgIpc) is 2.97. The van der Waals surface area contributed by atoms with Crippen molar-refractivity contribution >= 4 is 44.5 Å². The van der Waals surface area contributed by atoms with Crippen LogP contribution in [0.1, 0.15) is 50.2 Å². The number of nitrogens with zero attached hydrogens (tertiary/aromatic N) is 1. The summed E-state index contributed by atoms with van der Waals surface area (Å²) in [5.41, 5.74) is 8.73. The van der Waals surface area contributed by atoms with Crippen molar-refractivity contribution < 1.29 is 0 Å². The minimum absolute atomic E-state index is 0.429. The Kier molecular flexibility index (Phi) is 5.51. The van der Waals surface area contributed by atoms with Crippen molar-refractivity contribution in [1.82, 2.24) is 0 Å². The molecule has 0 radical (unpaired) electrons. The zero-order valence-electron chi connectivity index (χ0n) is 21.4. The quantitative estimate of drug-likeness (QED) is 0.266. The molecule has 1 atom stereocenters. The van der Waals surface area contributed by atoms with Crippen molar-refractivity contribution in [2.45, 2.75) is 39.0 Å². The Morgan fingerprint density at radius 1 is 0.703 bits per heavy atom. The van der Waals surface area contributed by atoms with Crippen LogP contribution in [0.4, 0.5) is 0 Å². The van der Waals surface area contributed by atoms with Crippen LogP contribution in [-0.2, 0) is 0 Å². The summed E-state index contributed by atoms with van der Waals surface area (Å²) in [5, 5.41) is 8.32. The summed E-state index contributed by atoms with van der Waals surface area (Å²) in [7, 11) is 0. The van der Waals surface area contributed by atoms with Gasteiger partial charge in [-0.2, -0.15) is 0 Å². The first kappa shape index (κ1) is 22.2. The van der Waals surface area contributed by atoms with Crippen molar-refractivity contribution in [2.24, 2.45) is 10.9 Å². The summed E-state index contributed by atoms with van der Waals surface area (Å²) in [5.74, 6) is 0.429. The molecule has 4 aromatic carbocycles. The molecular formula is C36H31N. The van der Waals surface area contributed by atoms with Crippen LogP contribution in [-0.4, -0.2) is 6.21 Å². The van der Waals surface area contributed by atoms with Gasteiger partial charge in [-0.3, -0.25) is 4.99 Å². The van der Waals surface area contributed by atoms with Crippen LogP contribution in [0.3, 0.4) is 0 Å². The predicted molar refractivity (Wildman–Crippen MR) is 159 cm³/mol. The number of rotatable bonds is 3. The second kappa shape index (κ2) is 9.16. The topological polar surface area (TPSA) is 12.4 Å². The highest BCUT2D eigenvalue weighted by molar-refractivity contribution is 6.16. The fraction of sp³-hybridized carbons (Fsp3) is 0.194. The maximum atomic E-state index is 4.30. The lowest BCUT2D eigenvalue weighted by molar-refractivity contribution is 0.801. The largest absolute Gasteiger partial charge is 0.269 e. The van der Waals surface area contributed by atoms with Crippen LogP contribution in [0.15, 0.2) is 108 Å². The van der Waals surface area contributed by atoms with Gasteiger partial charge in [-0.25, -0.2) is 0 Å². The van der Waals surface area contributed by atoms with Gasteiger partial charge in [0.2, 0.25) is 0 Å². The molecule has 0 bridgehead atoms. The highest BCUT2D eigenvalue weighted by Gasteiger charge is 2.22. The van der Waals surface area contributed by atoms with E-state index < -0.39 is 0 Å². The number of allylic oxidation sites excluding steroid dienone is 5. The molecule has 1 nitrogen and oxygen atoms in total. The van der Waals surface area contributed by atoms with Gasteiger partial charge in [-0.05, 0) is 98.9 Å². The van der Waals surface area contributed by atoms with Gasteiger partial charge in [0.25, 0.3) is 0 Å². The Hall–Kier alpha value is -3.97. The Morgan fingerprint density at radius 2 is 1.35 bits per heavy atom. The number of hydrogen-bond donors (Lipinski definition) is 0. The lowest BCUT2D eigenvalue weighted by Gasteiger charge is -2.25. The van der Waals surface area contributed by atoms with Gasteiger partial charge in [0.15, 0.2) is 0 Å². The van der Waals surface area contributed by atoms with Crippen molar-refractivity contribution in [3.8, 4) is 0 Å². The third-order valence-corrected chi connectivity index (χ3v) is 8.45. The standard InChI is InChI=1S/C36H31N/c1-24-17-18-34(29-12-3-2-11-28(24)29)36-32-15-6-4-13-30(32)35(31-14-5-7-16-33(31)36)27-10-8-9-26(23-27)25-19-21-37-22-20-25/h2-7,9,11-16,19,21-23,25H,8,10,17-18,20H2,1H3. The van der Waals surface area contributed by atoms with E-state index in [2.05, 4.69) is 103 Å². The maximum absolute atomic E-state index is 4.30. The number of hydrogen-bond acceptors (Lipinski definition) is 1. The summed E-state index contributed by atoms with van der Waals surface area (Å²) in [4.78, 5) is 4.30. The summed E-state index contributed by atoms with van der Waals surface area (Å²) in [6.45, 7) is 2.29. The van der Waals surface area contributed by atoms with Crippen LogP contribution in [0, 0.1) is 5.92 Å². The fourth-order valence-corrected chi connectivity index (χ4v) is 6.66. The molecule has 4 aromatic rings.